The highest BCUT2D eigenvalue weighted by atomic mass is 32.1. The molecular formula is C15H23N3O2S. The van der Waals surface area contributed by atoms with Gasteiger partial charge in [0, 0.05) is 24.4 Å². The number of aryl methyl sites for hydroxylation is 1. The molecule has 1 saturated heterocycles. The summed E-state index contributed by atoms with van der Waals surface area (Å²) in [5, 5.41) is 6.29. The van der Waals surface area contributed by atoms with Crippen molar-refractivity contribution < 1.29 is 9.59 Å². The van der Waals surface area contributed by atoms with Crippen LogP contribution in [0.1, 0.15) is 43.8 Å². The Labute approximate surface area is 129 Å². The molecule has 0 aliphatic carbocycles. The van der Waals surface area contributed by atoms with Gasteiger partial charge in [-0.3, -0.25) is 14.5 Å². The molecule has 5 nitrogen and oxygen atoms in total. The normalized spacial score (nSPS) is 19.0. The Morgan fingerprint density at radius 1 is 1.43 bits per heavy atom. The molecule has 2 amide bonds. The molecule has 1 unspecified atom stereocenters. The van der Waals surface area contributed by atoms with Crippen LogP contribution in [-0.4, -0.2) is 40.3 Å². The molecule has 0 bridgehead atoms. The van der Waals surface area contributed by atoms with Crippen molar-refractivity contribution in [3.63, 3.8) is 0 Å². The number of hydrogen-bond acceptors (Lipinski definition) is 5. The lowest BCUT2D eigenvalue weighted by atomic mass is 10.1. The highest BCUT2D eigenvalue weighted by molar-refractivity contribution is 7.09. The van der Waals surface area contributed by atoms with Crippen molar-refractivity contribution in [3.05, 3.63) is 16.1 Å². The lowest BCUT2D eigenvalue weighted by molar-refractivity contribution is -0.141. The fourth-order valence-electron chi connectivity index (χ4n) is 2.75. The van der Waals surface area contributed by atoms with E-state index in [9.17, 15) is 9.59 Å². The zero-order chi connectivity index (χ0) is 15.4. The molecule has 1 aliphatic rings. The number of amides is 2. The third kappa shape index (κ3) is 3.68. The van der Waals surface area contributed by atoms with Crippen LogP contribution in [0.3, 0.4) is 0 Å². The molecular weight excluding hydrogens is 286 g/mol. The van der Waals surface area contributed by atoms with E-state index in [1.807, 2.05) is 26.2 Å². The minimum atomic E-state index is -0.363. The molecule has 6 heteroatoms. The molecule has 2 heterocycles. The summed E-state index contributed by atoms with van der Waals surface area (Å²) in [6.07, 6.45) is 2.70. The molecule has 2 rings (SSSR count). The number of imide groups is 1. The maximum atomic E-state index is 12.4. The number of thiazole rings is 1. The van der Waals surface area contributed by atoms with Gasteiger partial charge < -0.3 is 5.32 Å². The predicted octanol–water partition coefficient (Wildman–Crippen LogP) is 1.90. The summed E-state index contributed by atoms with van der Waals surface area (Å²) < 4.78 is 0. The van der Waals surface area contributed by atoms with Gasteiger partial charge in [0.15, 0.2) is 0 Å². The molecule has 0 spiro atoms. The average Bonchev–Trinajstić information content (AvgIpc) is 2.98. The zero-order valence-electron chi connectivity index (χ0n) is 12.9. The molecule has 1 fully saturated rings. The Morgan fingerprint density at radius 3 is 2.71 bits per heavy atom. The largest absolute Gasteiger partial charge is 0.305 e. The van der Waals surface area contributed by atoms with Crippen molar-refractivity contribution in [2.24, 2.45) is 0 Å². The summed E-state index contributed by atoms with van der Waals surface area (Å²) in [6, 6.07) is -0.323. The van der Waals surface area contributed by atoms with E-state index in [1.54, 1.807) is 11.3 Å². The van der Waals surface area contributed by atoms with Crippen molar-refractivity contribution in [3.8, 4) is 0 Å². The second-order valence-corrected chi connectivity index (χ2v) is 6.45. The van der Waals surface area contributed by atoms with Crippen LogP contribution in [0.25, 0.3) is 0 Å². The van der Waals surface area contributed by atoms with E-state index < -0.39 is 0 Å². The second-order valence-electron chi connectivity index (χ2n) is 5.39. The number of carbonyl (C=O) groups is 2. The highest BCUT2D eigenvalue weighted by Gasteiger charge is 2.40. The molecule has 1 aromatic heterocycles. The van der Waals surface area contributed by atoms with Gasteiger partial charge in [-0.05, 0) is 19.8 Å². The SMILES string of the molecule is CCC(CC)N1C(=O)CC(NCCc2csc(C)n2)C1=O. The molecule has 0 radical (unpaired) electrons. The van der Waals surface area contributed by atoms with Gasteiger partial charge in [-0.25, -0.2) is 4.98 Å². The van der Waals surface area contributed by atoms with E-state index in [2.05, 4.69) is 10.3 Å². The Morgan fingerprint density at radius 2 is 2.14 bits per heavy atom. The number of aromatic nitrogens is 1. The van der Waals surface area contributed by atoms with Gasteiger partial charge in [0.05, 0.1) is 23.2 Å². The quantitative estimate of drug-likeness (QED) is 0.782. The molecule has 0 aromatic carbocycles. The third-order valence-electron chi connectivity index (χ3n) is 3.93. The van der Waals surface area contributed by atoms with E-state index >= 15 is 0 Å². The minimum Gasteiger partial charge on any atom is -0.305 e. The molecule has 116 valence electrons. The first kappa shape index (κ1) is 16.1. The van der Waals surface area contributed by atoms with E-state index in [0.29, 0.717) is 6.54 Å². The fraction of sp³-hybridized carbons (Fsp3) is 0.667. The summed E-state index contributed by atoms with van der Waals surface area (Å²) >= 11 is 1.63. The molecule has 1 aromatic rings. The summed E-state index contributed by atoms with van der Waals surface area (Å²) in [5.41, 5.74) is 1.04. The Kier molecular flexibility index (Phi) is 5.47. The number of carbonyl (C=O) groups excluding carboxylic acids is 2. The van der Waals surface area contributed by atoms with E-state index in [0.717, 1.165) is 30.0 Å². The third-order valence-corrected chi connectivity index (χ3v) is 4.75. The zero-order valence-corrected chi connectivity index (χ0v) is 13.7. The van der Waals surface area contributed by atoms with Gasteiger partial charge >= 0.3 is 0 Å². The fourth-order valence-corrected chi connectivity index (χ4v) is 3.39. The van der Waals surface area contributed by atoms with Crippen molar-refractivity contribution in [2.45, 2.75) is 58.5 Å². The first-order valence-electron chi connectivity index (χ1n) is 7.57. The van der Waals surface area contributed by atoms with Crippen LogP contribution in [0.5, 0.6) is 0 Å². The van der Waals surface area contributed by atoms with Crippen molar-refractivity contribution in [2.75, 3.05) is 6.54 Å². The Balaban J connectivity index is 1.87. The van der Waals surface area contributed by atoms with Crippen LogP contribution in [0.15, 0.2) is 5.38 Å². The van der Waals surface area contributed by atoms with Crippen molar-refractivity contribution in [1.29, 1.82) is 0 Å². The van der Waals surface area contributed by atoms with Crippen molar-refractivity contribution in [1.82, 2.24) is 15.2 Å². The molecule has 1 atom stereocenters. The van der Waals surface area contributed by atoms with Gasteiger partial charge in [0.1, 0.15) is 0 Å². The van der Waals surface area contributed by atoms with Crippen LogP contribution in [0, 0.1) is 6.92 Å². The van der Waals surface area contributed by atoms with Gasteiger partial charge in [0.25, 0.3) is 0 Å². The first-order chi connectivity index (χ1) is 10.1. The summed E-state index contributed by atoms with van der Waals surface area (Å²) in [7, 11) is 0. The van der Waals surface area contributed by atoms with Gasteiger partial charge in [-0.2, -0.15) is 0 Å². The lowest BCUT2D eigenvalue weighted by Gasteiger charge is -2.24. The number of nitrogens with zero attached hydrogens (tertiary/aromatic N) is 2. The van der Waals surface area contributed by atoms with Crippen LogP contribution in [0.2, 0.25) is 0 Å². The van der Waals surface area contributed by atoms with Crippen LogP contribution >= 0.6 is 11.3 Å². The van der Waals surface area contributed by atoms with Crippen molar-refractivity contribution >= 4 is 23.2 Å². The van der Waals surface area contributed by atoms with Crippen LogP contribution < -0.4 is 5.32 Å². The first-order valence-corrected chi connectivity index (χ1v) is 8.45. The second kappa shape index (κ2) is 7.13. The van der Waals surface area contributed by atoms with Crippen LogP contribution in [-0.2, 0) is 16.0 Å². The maximum Gasteiger partial charge on any atom is 0.247 e. The van der Waals surface area contributed by atoms with Crippen LogP contribution in [0.4, 0.5) is 0 Å². The molecule has 1 N–H and O–H groups in total. The number of rotatable bonds is 7. The van der Waals surface area contributed by atoms with E-state index in [-0.39, 0.29) is 30.3 Å². The number of hydrogen-bond donors (Lipinski definition) is 1. The highest BCUT2D eigenvalue weighted by Crippen LogP contribution is 2.20. The van der Waals surface area contributed by atoms with Gasteiger partial charge in [-0.1, -0.05) is 13.8 Å². The molecule has 21 heavy (non-hydrogen) atoms. The lowest BCUT2D eigenvalue weighted by Crippen LogP contribution is -2.44. The smallest absolute Gasteiger partial charge is 0.247 e. The topological polar surface area (TPSA) is 62.3 Å². The Bertz CT molecular complexity index is 511. The Hall–Kier alpha value is -1.27. The summed E-state index contributed by atoms with van der Waals surface area (Å²) in [4.78, 5) is 30.3. The molecule has 1 aliphatic heterocycles. The predicted molar refractivity (Wildman–Crippen MR) is 83.2 cm³/mol. The average molecular weight is 309 g/mol. The van der Waals surface area contributed by atoms with E-state index in [1.165, 1.54) is 4.90 Å². The van der Waals surface area contributed by atoms with Gasteiger partial charge in [0.2, 0.25) is 11.8 Å². The summed E-state index contributed by atoms with van der Waals surface area (Å²) in [5.74, 6) is -0.112. The molecule has 0 saturated carbocycles. The summed E-state index contributed by atoms with van der Waals surface area (Å²) in [6.45, 7) is 6.68. The number of nitrogens with one attached hydrogen (secondary N) is 1. The van der Waals surface area contributed by atoms with Gasteiger partial charge in [-0.15, -0.1) is 11.3 Å². The number of likely N-dealkylation sites (tertiary alicyclic amines) is 1. The monoisotopic (exact) mass is 309 g/mol. The maximum absolute atomic E-state index is 12.4. The van der Waals surface area contributed by atoms with E-state index in [4.69, 9.17) is 0 Å². The standard InChI is InChI=1S/C15H23N3O2S/c1-4-12(5-2)18-14(19)8-13(15(18)20)16-7-6-11-9-21-10(3)17-11/h9,12-13,16H,4-8H2,1-3H3. The minimum absolute atomic E-state index is 0.0398.